The van der Waals surface area contributed by atoms with Gasteiger partial charge in [-0.05, 0) is 48.8 Å². The molecule has 0 amide bonds. The van der Waals surface area contributed by atoms with Gasteiger partial charge in [-0.15, -0.1) is 11.3 Å². The Morgan fingerprint density at radius 1 is 1.42 bits per heavy atom. The van der Waals surface area contributed by atoms with Gasteiger partial charge in [0.15, 0.2) is 0 Å². The van der Waals surface area contributed by atoms with Crippen LogP contribution in [0.1, 0.15) is 36.9 Å². The van der Waals surface area contributed by atoms with Crippen LogP contribution < -0.4 is 5.32 Å². The molecule has 3 nitrogen and oxygen atoms in total. The molecule has 0 aliphatic rings. The van der Waals surface area contributed by atoms with Crippen LogP contribution in [0.4, 0.5) is 0 Å². The molecule has 0 saturated heterocycles. The number of nitrogens with one attached hydrogen (secondary N) is 1. The summed E-state index contributed by atoms with van der Waals surface area (Å²) in [7, 11) is 0. The maximum Gasteiger partial charge on any atom is 0.125 e. The molecule has 0 saturated carbocycles. The molecule has 0 aliphatic heterocycles. The third kappa shape index (κ3) is 3.61. The van der Waals surface area contributed by atoms with Gasteiger partial charge in [0.05, 0.1) is 5.69 Å². The number of pyridine rings is 1. The van der Waals surface area contributed by atoms with E-state index in [1.54, 1.807) is 17.5 Å². The van der Waals surface area contributed by atoms with Crippen LogP contribution in [-0.2, 0) is 0 Å². The Labute approximate surface area is 126 Å². The maximum absolute atomic E-state index is 4.67. The number of aromatic nitrogens is 2. The summed E-state index contributed by atoms with van der Waals surface area (Å²) in [5, 5.41) is 4.54. The van der Waals surface area contributed by atoms with Crippen molar-refractivity contribution in [1.82, 2.24) is 15.3 Å². The molecular formula is C14H18BrN3S. The van der Waals surface area contributed by atoms with E-state index in [4.69, 9.17) is 0 Å². The van der Waals surface area contributed by atoms with Gasteiger partial charge in [-0.2, -0.15) is 0 Å². The zero-order chi connectivity index (χ0) is 13.8. The summed E-state index contributed by atoms with van der Waals surface area (Å²) >= 11 is 5.20. The molecule has 0 bridgehead atoms. The van der Waals surface area contributed by atoms with Crippen molar-refractivity contribution in [1.29, 1.82) is 0 Å². The van der Waals surface area contributed by atoms with Gasteiger partial charge in [0.25, 0.3) is 0 Å². The van der Waals surface area contributed by atoms with Crippen molar-refractivity contribution < 1.29 is 0 Å². The number of rotatable bonds is 5. The Balaban J connectivity index is 2.25. The van der Waals surface area contributed by atoms with Crippen molar-refractivity contribution in [3.63, 3.8) is 0 Å². The van der Waals surface area contributed by atoms with Gasteiger partial charge in [-0.25, -0.2) is 4.98 Å². The smallest absolute Gasteiger partial charge is 0.125 e. The third-order valence-corrected chi connectivity index (χ3v) is 4.70. The molecule has 0 aliphatic carbocycles. The van der Waals surface area contributed by atoms with Crippen molar-refractivity contribution in [2.24, 2.45) is 0 Å². The normalized spacial score (nSPS) is 12.6. The zero-order valence-corrected chi connectivity index (χ0v) is 13.8. The first-order valence-corrected chi connectivity index (χ1v) is 8.04. The predicted molar refractivity (Wildman–Crippen MR) is 84.5 cm³/mol. The van der Waals surface area contributed by atoms with Gasteiger partial charge < -0.3 is 5.32 Å². The molecule has 1 N–H and O–H groups in total. The number of hydrogen-bond acceptors (Lipinski definition) is 4. The molecule has 19 heavy (non-hydrogen) atoms. The Kier molecular flexibility index (Phi) is 5.07. The second-order valence-corrected chi connectivity index (χ2v) is 6.48. The number of hydrogen-bond donors (Lipinski definition) is 1. The SMILES string of the molecule is CCCNC(C)c1sc(-c2cncc(Br)c2)nc1C. The summed E-state index contributed by atoms with van der Waals surface area (Å²) < 4.78 is 0.983. The molecule has 102 valence electrons. The minimum absolute atomic E-state index is 0.353. The van der Waals surface area contributed by atoms with Crippen LogP contribution in [0.2, 0.25) is 0 Å². The second-order valence-electron chi connectivity index (χ2n) is 4.54. The van der Waals surface area contributed by atoms with E-state index >= 15 is 0 Å². The Bertz CT molecular complexity index is 553. The first-order chi connectivity index (χ1) is 9.11. The molecule has 0 radical (unpaired) electrons. The monoisotopic (exact) mass is 339 g/mol. The lowest BCUT2D eigenvalue weighted by molar-refractivity contribution is 0.575. The van der Waals surface area contributed by atoms with Crippen LogP contribution >= 0.6 is 27.3 Å². The third-order valence-electron chi connectivity index (χ3n) is 2.88. The van der Waals surface area contributed by atoms with E-state index in [9.17, 15) is 0 Å². The summed E-state index contributed by atoms with van der Waals surface area (Å²) in [6.45, 7) is 7.48. The van der Waals surface area contributed by atoms with Gasteiger partial charge in [0.2, 0.25) is 0 Å². The highest BCUT2D eigenvalue weighted by Gasteiger charge is 2.14. The summed E-state index contributed by atoms with van der Waals surface area (Å²) in [5.74, 6) is 0. The molecular weight excluding hydrogens is 322 g/mol. The van der Waals surface area contributed by atoms with Crippen LogP contribution in [0.5, 0.6) is 0 Å². The van der Waals surface area contributed by atoms with Gasteiger partial charge >= 0.3 is 0 Å². The summed E-state index contributed by atoms with van der Waals surface area (Å²) in [4.78, 5) is 10.2. The molecule has 1 unspecified atom stereocenters. The second kappa shape index (κ2) is 6.59. The van der Waals surface area contributed by atoms with Crippen molar-refractivity contribution in [2.75, 3.05) is 6.54 Å². The molecule has 0 aromatic carbocycles. The van der Waals surface area contributed by atoms with Crippen molar-refractivity contribution >= 4 is 27.3 Å². The lowest BCUT2D eigenvalue weighted by atomic mass is 10.2. The van der Waals surface area contributed by atoms with Crippen molar-refractivity contribution in [3.05, 3.63) is 33.5 Å². The summed E-state index contributed by atoms with van der Waals surface area (Å²) in [5.41, 5.74) is 2.17. The molecule has 2 rings (SSSR count). The molecule has 0 fully saturated rings. The number of nitrogens with zero attached hydrogens (tertiary/aromatic N) is 2. The fraction of sp³-hybridized carbons (Fsp3) is 0.429. The molecule has 2 heterocycles. The van der Waals surface area contributed by atoms with Gasteiger partial charge in [0, 0.05) is 33.3 Å². The Hall–Kier alpha value is -0.780. The quantitative estimate of drug-likeness (QED) is 0.880. The minimum atomic E-state index is 0.353. The fourth-order valence-electron chi connectivity index (χ4n) is 1.92. The standard InChI is InChI=1S/C14H18BrN3S/c1-4-5-17-9(2)13-10(3)18-14(19-13)11-6-12(15)8-16-7-11/h6-9,17H,4-5H2,1-3H3. The largest absolute Gasteiger partial charge is 0.309 e. The molecule has 2 aromatic rings. The summed E-state index contributed by atoms with van der Waals surface area (Å²) in [6.07, 6.45) is 4.79. The van der Waals surface area contributed by atoms with Crippen molar-refractivity contribution in [2.45, 2.75) is 33.2 Å². The zero-order valence-electron chi connectivity index (χ0n) is 11.4. The van der Waals surface area contributed by atoms with E-state index in [0.717, 1.165) is 33.7 Å². The number of aryl methyl sites for hydroxylation is 1. The molecule has 5 heteroatoms. The molecule has 1 atom stereocenters. The van der Waals surface area contributed by atoms with Gasteiger partial charge in [-0.3, -0.25) is 4.98 Å². The molecule has 2 aromatic heterocycles. The van der Waals surface area contributed by atoms with Crippen LogP contribution in [0.25, 0.3) is 10.6 Å². The highest BCUT2D eigenvalue weighted by Crippen LogP contribution is 2.32. The minimum Gasteiger partial charge on any atom is -0.309 e. The molecule has 0 spiro atoms. The topological polar surface area (TPSA) is 37.8 Å². The van der Waals surface area contributed by atoms with E-state index in [2.05, 4.69) is 58.1 Å². The van der Waals surface area contributed by atoms with E-state index < -0.39 is 0 Å². The first kappa shape index (κ1) is 14.6. The van der Waals surface area contributed by atoms with E-state index in [1.165, 1.54) is 4.88 Å². The number of thiazole rings is 1. The number of halogens is 1. The van der Waals surface area contributed by atoms with Crippen molar-refractivity contribution in [3.8, 4) is 10.6 Å². The maximum atomic E-state index is 4.67. The fourth-order valence-corrected chi connectivity index (χ4v) is 3.35. The highest BCUT2D eigenvalue weighted by atomic mass is 79.9. The van der Waals surface area contributed by atoms with Crippen LogP contribution in [0.15, 0.2) is 22.9 Å². The van der Waals surface area contributed by atoms with Gasteiger partial charge in [-0.1, -0.05) is 6.92 Å². The average Bonchev–Trinajstić information content (AvgIpc) is 2.78. The lowest BCUT2D eigenvalue weighted by Gasteiger charge is -2.11. The van der Waals surface area contributed by atoms with Crippen LogP contribution in [0, 0.1) is 6.92 Å². The predicted octanol–water partition coefficient (Wildman–Crippen LogP) is 4.34. The van der Waals surface area contributed by atoms with Gasteiger partial charge in [0.1, 0.15) is 5.01 Å². The lowest BCUT2D eigenvalue weighted by Crippen LogP contribution is -2.18. The van der Waals surface area contributed by atoms with Crippen LogP contribution in [0.3, 0.4) is 0 Å². The average molecular weight is 340 g/mol. The van der Waals surface area contributed by atoms with E-state index in [0.29, 0.717) is 6.04 Å². The first-order valence-electron chi connectivity index (χ1n) is 6.43. The Morgan fingerprint density at radius 3 is 2.89 bits per heavy atom. The van der Waals surface area contributed by atoms with E-state index in [1.807, 2.05) is 6.20 Å². The Morgan fingerprint density at radius 2 is 2.21 bits per heavy atom. The highest BCUT2D eigenvalue weighted by molar-refractivity contribution is 9.10. The van der Waals surface area contributed by atoms with Crippen LogP contribution in [-0.4, -0.2) is 16.5 Å². The summed E-state index contributed by atoms with van der Waals surface area (Å²) in [6, 6.07) is 2.41. The van der Waals surface area contributed by atoms with E-state index in [-0.39, 0.29) is 0 Å².